The molecule has 0 radical (unpaired) electrons. The summed E-state index contributed by atoms with van der Waals surface area (Å²) in [7, 11) is 0. The van der Waals surface area contributed by atoms with Crippen molar-refractivity contribution in [2.75, 3.05) is 0 Å². The molecule has 0 aliphatic heterocycles. The van der Waals surface area contributed by atoms with Gasteiger partial charge in [0.1, 0.15) is 0 Å². The van der Waals surface area contributed by atoms with Crippen molar-refractivity contribution < 1.29 is 4.79 Å². The first-order chi connectivity index (χ1) is 8.36. The number of thiophene rings is 2. The lowest BCUT2D eigenvalue weighted by molar-refractivity contribution is 0.112. The Morgan fingerprint density at radius 2 is 2.06 bits per heavy atom. The fourth-order valence-corrected chi connectivity index (χ4v) is 4.39. The van der Waals surface area contributed by atoms with Gasteiger partial charge in [-0.05, 0) is 29.9 Å². The largest absolute Gasteiger partial charge is 0.297 e. The Kier molecular flexibility index (Phi) is 4.75. The summed E-state index contributed by atoms with van der Waals surface area (Å²) in [5.41, 5.74) is 1.30. The smallest absolute Gasteiger partial charge is 0.160 e. The van der Waals surface area contributed by atoms with Gasteiger partial charge in [-0.1, -0.05) is 32.6 Å². The zero-order valence-corrected chi connectivity index (χ0v) is 11.8. The lowest BCUT2D eigenvalue weighted by atomic mass is 10.1. The molecule has 0 unspecified atom stereocenters. The summed E-state index contributed by atoms with van der Waals surface area (Å²) in [6.45, 7) is 2.23. The predicted molar refractivity (Wildman–Crippen MR) is 77.6 cm³/mol. The van der Waals surface area contributed by atoms with Crippen molar-refractivity contribution in [3.8, 4) is 0 Å². The van der Waals surface area contributed by atoms with Gasteiger partial charge >= 0.3 is 0 Å². The maximum atomic E-state index is 11.0. The molecular weight excluding hydrogens is 248 g/mol. The number of fused-ring (bicyclic) bond motifs is 1. The molecule has 0 spiro atoms. The summed E-state index contributed by atoms with van der Waals surface area (Å²) in [5, 5.41) is 2.12. The molecule has 0 aliphatic carbocycles. The summed E-state index contributed by atoms with van der Waals surface area (Å²) in [4.78, 5) is 12.0. The van der Waals surface area contributed by atoms with Gasteiger partial charge in [-0.2, -0.15) is 0 Å². The van der Waals surface area contributed by atoms with Crippen molar-refractivity contribution in [2.45, 2.75) is 45.4 Å². The second kappa shape index (κ2) is 6.31. The van der Waals surface area contributed by atoms with Crippen molar-refractivity contribution in [2.24, 2.45) is 0 Å². The standard InChI is InChI=1S/C14H18OS2/c1-2-3-4-5-6-7-11-13(10-15)17-12-8-9-16-14(11)12/h8-10H,2-7H2,1H3. The highest BCUT2D eigenvalue weighted by molar-refractivity contribution is 7.28. The average Bonchev–Trinajstić information content (AvgIpc) is 2.90. The Labute approximate surface area is 110 Å². The van der Waals surface area contributed by atoms with Gasteiger partial charge in [-0.25, -0.2) is 0 Å². The van der Waals surface area contributed by atoms with Crippen LogP contribution >= 0.6 is 22.7 Å². The first kappa shape index (κ1) is 12.8. The number of carbonyl (C=O) groups is 1. The van der Waals surface area contributed by atoms with Crippen LogP contribution in [0.4, 0.5) is 0 Å². The van der Waals surface area contributed by atoms with E-state index in [2.05, 4.69) is 18.4 Å². The predicted octanol–water partition coefficient (Wildman–Crippen LogP) is 5.29. The van der Waals surface area contributed by atoms with Crippen molar-refractivity contribution in [1.29, 1.82) is 0 Å². The van der Waals surface area contributed by atoms with Crippen LogP contribution in [0.25, 0.3) is 9.40 Å². The number of hydrogen-bond acceptors (Lipinski definition) is 3. The lowest BCUT2D eigenvalue weighted by Crippen LogP contribution is -1.88. The van der Waals surface area contributed by atoms with Crippen molar-refractivity contribution in [3.63, 3.8) is 0 Å². The van der Waals surface area contributed by atoms with Crippen molar-refractivity contribution >= 4 is 38.4 Å². The molecule has 2 aromatic rings. The van der Waals surface area contributed by atoms with Gasteiger partial charge in [0.05, 0.1) is 4.88 Å². The molecule has 17 heavy (non-hydrogen) atoms. The maximum Gasteiger partial charge on any atom is 0.160 e. The zero-order valence-electron chi connectivity index (χ0n) is 10.2. The number of aldehydes is 1. The number of unbranched alkanes of at least 4 members (excludes halogenated alkanes) is 4. The van der Waals surface area contributed by atoms with Crippen LogP contribution in [-0.2, 0) is 6.42 Å². The lowest BCUT2D eigenvalue weighted by Gasteiger charge is -2.00. The van der Waals surface area contributed by atoms with Crippen LogP contribution in [0.2, 0.25) is 0 Å². The number of rotatable bonds is 7. The molecule has 2 heterocycles. The first-order valence-corrected chi connectivity index (χ1v) is 8.00. The van der Waals surface area contributed by atoms with E-state index in [9.17, 15) is 4.79 Å². The molecule has 0 saturated heterocycles. The SMILES string of the molecule is CCCCCCCc1c(C=O)sc2ccsc12. The third-order valence-corrected chi connectivity index (χ3v) is 5.28. The van der Waals surface area contributed by atoms with Gasteiger partial charge in [0.15, 0.2) is 6.29 Å². The van der Waals surface area contributed by atoms with E-state index < -0.39 is 0 Å². The molecule has 0 aliphatic rings. The summed E-state index contributed by atoms with van der Waals surface area (Å²) in [5.74, 6) is 0. The average molecular weight is 266 g/mol. The Bertz CT molecular complexity index is 481. The number of aryl methyl sites for hydroxylation is 1. The van der Waals surface area contributed by atoms with Gasteiger partial charge in [-0.15, -0.1) is 22.7 Å². The summed E-state index contributed by atoms with van der Waals surface area (Å²) >= 11 is 3.41. The summed E-state index contributed by atoms with van der Waals surface area (Å²) < 4.78 is 2.62. The first-order valence-electron chi connectivity index (χ1n) is 6.31. The Hall–Kier alpha value is -0.670. The fourth-order valence-electron chi connectivity index (χ4n) is 2.13. The van der Waals surface area contributed by atoms with Gasteiger partial charge in [0.2, 0.25) is 0 Å². The van der Waals surface area contributed by atoms with Crippen LogP contribution in [0.5, 0.6) is 0 Å². The normalized spacial score (nSPS) is 11.1. The summed E-state index contributed by atoms with van der Waals surface area (Å²) in [6, 6.07) is 2.12. The minimum atomic E-state index is 0.947. The highest BCUT2D eigenvalue weighted by Gasteiger charge is 2.12. The van der Waals surface area contributed by atoms with Gasteiger partial charge < -0.3 is 0 Å². The van der Waals surface area contributed by atoms with Gasteiger partial charge in [0.25, 0.3) is 0 Å². The van der Waals surface area contributed by atoms with Crippen LogP contribution in [0.15, 0.2) is 11.4 Å². The number of hydrogen-bond donors (Lipinski definition) is 0. The Morgan fingerprint density at radius 1 is 1.24 bits per heavy atom. The molecule has 2 aromatic heterocycles. The van der Waals surface area contributed by atoms with E-state index in [1.54, 1.807) is 22.7 Å². The van der Waals surface area contributed by atoms with E-state index in [0.717, 1.165) is 17.6 Å². The van der Waals surface area contributed by atoms with Crippen LogP contribution in [0.3, 0.4) is 0 Å². The van der Waals surface area contributed by atoms with E-state index in [1.807, 2.05) is 0 Å². The molecule has 0 aromatic carbocycles. The van der Waals surface area contributed by atoms with E-state index in [4.69, 9.17) is 0 Å². The van der Waals surface area contributed by atoms with Crippen LogP contribution in [0.1, 0.15) is 54.3 Å². The highest BCUT2D eigenvalue weighted by atomic mass is 32.1. The topological polar surface area (TPSA) is 17.1 Å². The Balaban J connectivity index is 2.00. The number of carbonyl (C=O) groups excluding carboxylic acids is 1. The Morgan fingerprint density at radius 3 is 2.82 bits per heavy atom. The molecular formula is C14H18OS2. The second-order valence-corrected chi connectivity index (χ2v) is 6.34. The minimum Gasteiger partial charge on any atom is -0.297 e. The third-order valence-electron chi connectivity index (χ3n) is 3.06. The van der Waals surface area contributed by atoms with E-state index in [0.29, 0.717) is 0 Å². The molecule has 0 atom stereocenters. The van der Waals surface area contributed by atoms with Crippen LogP contribution in [-0.4, -0.2) is 6.29 Å². The molecule has 0 amide bonds. The van der Waals surface area contributed by atoms with Gasteiger partial charge in [0, 0.05) is 9.40 Å². The van der Waals surface area contributed by atoms with Crippen molar-refractivity contribution in [3.05, 3.63) is 21.9 Å². The molecule has 1 nitrogen and oxygen atoms in total. The van der Waals surface area contributed by atoms with E-state index in [1.165, 1.54) is 47.1 Å². The third kappa shape index (κ3) is 2.96. The van der Waals surface area contributed by atoms with Crippen molar-refractivity contribution in [1.82, 2.24) is 0 Å². The molecule has 0 N–H and O–H groups in total. The molecule has 0 bridgehead atoms. The fraction of sp³-hybridized carbons (Fsp3) is 0.500. The van der Waals surface area contributed by atoms with Crippen LogP contribution < -0.4 is 0 Å². The van der Waals surface area contributed by atoms with Crippen LogP contribution in [0, 0.1) is 0 Å². The molecule has 2 rings (SSSR count). The van der Waals surface area contributed by atoms with Gasteiger partial charge in [-0.3, -0.25) is 4.79 Å². The maximum absolute atomic E-state index is 11.0. The van der Waals surface area contributed by atoms with E-state index >= 15 is 0 Å². The van der Waals surface area contributed by atoms with E-state index in [-0.39, 0.29) is 0 Å². The highest BCUT2D eigenvalue weighted by Crippen LogP contribution is 2.35. The minimum absolute atomic E-state index is 0.947. The molecule has 0 saturated carbocycles. The monoisotopic (exact) mass is 266 g/mol. The quantitative estimate of drug-likeness (QED) is 0.491. The molecule has 0 fully saturated rings. The molecule has 92 valence electrons. The second-order valence-electron chi connectivity index (χ2n) is 4.34. The summed E-state index contributed by atoms with van der Waals surface area (Å²) in [6.07, 6.45) is 8.53. The zero-order chi connectivity index (χ0) is 12.1. The molecule has 3 heteroatoms.